The molecule has 0 aliphatic heterocycles. The van der Waals surface area contributed by atoms with E-state index in [-0.39, 0.29) is 42.2 Å². The molecule has 4 aromatic carbocycles. The van der Waals surface area contributed by atoms with Gasteiger partial charge >= 0.3 is 18.1 Å². The molecule has 5 aromatic rings. The monoisotopic (exact) mass is 934 g/mol. The van der Waals surface area contributed by atoms with Crippen LogP contribution in [0.3, 0.4) is 0 Å². The fourth-order valence-corrected chi connectivity index (χ4v) is 6.34. The summed E-state index contributed by atoms with van der Waals surface area (Å²) in [6.45, 7) is 6.30. The highest BCUT2D eigenvalue weighted by atomic mass is 35.5. The zero-order valence-corrected chi connectivity index (χ0v) is 39.2. The molecule has 64 heavy (non-hydrogen) atoms. The summed E-state index contributed by atoms with van der Waals surface area (Å²) in [7, 11) is 2.60. The van der Waals surface area contributed by atoms with E-state index in [0.29, 0.717) is 39.8 Å². The van der Waals surface area contributed by atoms with Crippen molar-refractivity contribution in [2.24, 2.45) is 11.7 Å². The average molecular weight is 936 g/mol. The standard InChI is InChI=1S/C23H25ClN2O.C18H24O5.C7H7ClN2.CO2.ClH/c1-3-4-5-6-21-20(15-17-9-7-16(2)8-10-17)23(27)26-22(25-21)18-11-13-19(24)14-12-18;1-4-5-6-7-16(19)15(18(21)23-3)12-13-8-10-14(11-9-13)17(20)22-2;8-6-3-1-5(2-4-6)7(9)10;2-1-3;/h7-14H,3-6,15H2,1-2H3,(H,25,26,27);8-11,15H,4-7,12H2,1-3H3;1-4H,(H3,9,10);;1H. The van der Waals surface area contributed by atoms with E-state index in [1.807, 2.05) is 24.3 Å². The molecule has 1 atom stereocenters. The van der Waals surface area contributed by atoms with Crippen LogP contribution in [0, 0.1) is 18.3 Å². The van der Waals surface area contributed by atoms with Crippen LogP contribution in [0.1, 0.15) is 103 Å². The smallest absolute Gasteiger partial charge is 0.373 e. The van der Waals surface area contributed by atoms with E-state index in [9.17, 15) is 19.2 Å². The number of Topliss-reactive ketones (excluding diaryl/α,β-unsaturated/α-hetero) is 1. The van der Waals surface area contributed by atoms with Crippen molar-refractivity contribution >= 4 is 65.3 Å². The van der Waals surface area contributed by atoms with Crippen molar-refractivity contribution in [1.29, 1.82) is 5.41 Å². The molecule has 0 radical (unpaired) electrons. The van der Waals surface area contributed by atoms with E-state index in [1.165, 1.54) is 19.8 Å². The van der Waals surface area contributed by atoms with Crippen molar-refractivity contribution in [2.75, 3.05) is 14.2 Å². The molecule has 1 heterocycles. The molecule has 12 nitrogen and oxygen atoms in total. The van der Waals surface area contributed by atoms with Gasteiger partial charge in [-0.25, -0.2) is 9.78 Å². The van der Waals surface area contributed by atoms with Crippen LogP contribution in [0.15, 0.2) is 102 Å². The molecule has 342 valence electrons. The van der Waals surface area contributed by atoms with Crippen LogP contribution in [0.5, 0.6) is 0 Å². The Morgan fingerprint density at radius 3 is 1.80 bits per heavy atom. The van der Waals surface area contributed by atoms with E-state index in [2.05, 4.69) is 54.8 Å². The highest BCUT2D eigenvalue weighted by Crippen LogP contribution is 2.21. The van der Waals surface area contributed by atoms with Gasteiger partial charge in [0.25, 0.3) is 5.56 Å². The second-order valence-electron chi connectivity index (χ2n) is 14.4. The molecule has 0 fully saturated rings. The Hall–Kier alpha value is -5.91. The van der Waals surface area contributed by atoms with E-state index < -0.39 is 17.9 Å². The molecule has 1 aromatic heterocycles. The Kier molecular flexibility index (Phi) is 27.2. The van der Waals surface area contributed by atoms with Gasteiger partial charge in [0.1, 0.15) is 23.4 Å². The lowest BCUT2D eigenvalue weighted by Crippen LogP contribution is -2.27. The van der Waals surface area contributed by atoms with Gasteiger partial charge in [0, 0.05) is 39.6 Å². The molecule has 0 saturated heterocycles. The zero-order valence-electron chi connectivity index (χ0n) is 36.8. The Morgan fingerprint density at radius 1 is 0.766 bits per heavy atom. The number of nitrogens with two attached hydrogens (primary N) is 1. The minimum Gasteiger partial charge on any atom is -0.468 e. The van der Waals surface area contributed by atoms with Crippen LogP contribution in [0.2, 0.25) is 10.0 Å². The third kappa shape index (κ3) is 20.1. The molecule has 5 rings (SSSR count). The number of nitrogens with zero attached hydrogens (tertiary/aromatic N) is 1. The zero-order chi connectivity index (χ0) is 46.7. The van der Waals surface area contributed by atoms with Crippen molar-refractivity contribution in [3.05, 3.63) is 157 Å². The molecule has 0 bridgehead atoms. The van der Waals surface area contributed by atoms with E-state index in [0.717, 1.165) is 72.9 Å². The van der Waals surface area contributed by atoms with Gasteiger partial charge < -0.3 is 20.2 Å². The predicted molar refractivity (Wildman–Crippen MR) is 253 cm³/mol. The molecule has 0 spiro atoms. The molecule has 0 aliphatic rings. The maximum Gasteiger partial charge on any atom is 0.373 e. The first-order chi connectivity index (χ1) is 30.2. The fraction of sp³-hybridized carbons (Fsp3) is 0.327. The van der Waals surface area contributed by atoms with E-state index in [1.54, 1.807) is 48.5 Å². The van der Waals surface area contributed by atoms with E-state index in [4.69, 9.17) is 53.7 Å². The predicted octanol–water partition coefficient (Wildman–Crippen LogP) is 10.1. The molecular weight excluding hydrogens is 879 g/mol. The highest BCUT2D eigenvalue weighted by molar-refractivity contribution is 6.31. The lowest BCUT2D eigenvalue weighted by Gasteiger charge is -2.14. The van der Waals surface area contributed by atoms with Crippen molar-refractivity contribution in [1.82, 2.24) is 9.97 Å². The van der Waals surface area contributed by atoms with Crippen LogP contribution in [0.4, 0.5) is 0 Å². The van der Waals surface area contributed by atoms with Gasteiger partial charge in [0.15, 0.2) is 0 Å². The Labute approximate surface area is 391 Å². The summed E-state index contributed by atoms with van der Waals surface area (Å²) in [4.78, 5) is 72.5. The summed E-state index contributed by atoms with van der Waals surface area (Å²) < 4.78 is 9.40. The van der Waals surface area contributed by atoms with Crippen LogP contribution in [-0.4, -0.2) is 53.9 Å². The van der Waals surface area contributed by atoms with Crippen LogP contribution < -0.4 is 11.3 Å². The largest absolute Gasteiger partial charge is 0.468 e. The first-order valence-corrected chi connectivity index (χ1v) is 21.3. The van der Waals surface area contributed by atoms with Crippen LogP contribution in [-0.2, 0) is 47.9 Å². The number of benzene rings is 4. The number of carbonyl (C=O) groups is 3. The first-order valence-electron chi connectivity index (χ1n) is 20.5. The topological polar surface area (TPSA) is 199 Å². The summed E-state index contributed by atoms with van der Waals surface area (Å²) in [6, 6.07) is 29.2. The maximum atomic E-state index is 12.9. The lowest BCUT2D eigenvalue weighted by molar-refractivity contribution is -0.191. The number of carbonyl (C=O) groups excluding carboxylic acids is 5. The minimum absolute atomic E-state index is 0. The second kappa shape index (κ2) is 31.0. The number of nitrogen functional groups attached to an aromatic ring is 1. The number of amidine groups is 1. The first kappa shape index (κ1) is 56.1. The molecular formula is C49H57Cl3N4O8. The number of hydrogen-bond donors (Lipinski definition) is 3. The fourth-order valence-electron chi connectivity index (χ4n) is 6.08. The maximum absolute atomic E-state index is 12.9. The Balaban J connectivity index is 0.000000500. The van der Waals surface area contributed by atoms with Gasteiger partial charge in [-0.15, -0.1) is 12.4 Å². The third-order valence-electron chi connectivity index (χ3n) is 9.61. The summed E-state index contributed by atoms with van der Waals surface area (Å²) in [6.07, 6.45) is 8.41. The SMILES string of the molecule is CCCCCC(=O)C(Cc1ccc(C(=O)OC)cc1)C(=O)OC.CCCCCc1nc(-c2ccc(Cl)cc2)[nH]c(=O)c1Cc1ccc(C)cc1.Cl.N=C(N)c1ccc(Cl)cc1.O=C=O. The number of hydrogen-bond acceptors (Lipinski definition) is 10. The van der Waals surface area contributed by atoms with E-state index >= 15 is 0 Å². The normalized spacial score (nSPS) is 10.4. The number of H-pyrrole nitrogens is 1. The van der Waals surface area contributed by atoms with Gasteiger partial charge in [-0.1, -0.05) is 105 Å². The summed E-state index contributed by atoms with van der Waals surface area (Å²) in [5, 5.41) is 8.36. The molecule has 0 aliphatic carbocycles. The van der Waals surface area contributed by atoms with Crippen LogP contribution >= 0.6 is 35.6 Å². The number of rotatable bonds is 17. The van der Waals surface area contributed by atoms with Crippen molar-refractivity contribution in [3.8, 4) is 11.4 Å². The third-order valence-corrected chi connectivity index (χ3v) is 10.1. The summed E-state index contributed by atoms with van der Waals surface area (Å²) >= 11 is 11.6. The number of ether oxygens (including phenoxy) is 2. The number of ketones is 1. The summed E-state index contributed by atoms with van der Waals surface area (Å²) in [5.41, 5.74) is 12.0. The minimum atomic E-state index is -0.791. The molecule has 1 unspecified atom stereocenters. The van der Waals surface area contributed by atoms with Gasteiger partial charge in [-0.05, 0) is 104 Å². The lowest BCUT2D eigenvalue weighted by atomic mass is 9.92. The van der Waals surface area contributed by atoms with Gasteiger partial charge in [0.05, 0.1) is 25.5 Å². The number of halogens is 3. The van der Waals surface area contributed by atoms with Crippen molar-refractivity contribution < 1.29 is 33.4 Å². The van der Waals surface area contributed by atoms with Gasteiger partial charge in [-0.3, -0.25) is 19.8 Å². The molecule has 0 amide bonds. The summed E-state index contributed by atoms with van der Waals surface area (Å²) in [5.74, 6) is -1.14. The molecule has 0 saturated carbocycles. The number of methoxy groups -OCH3 is 2. The number of aryl methyl sites for hydroxylation is 2. The van der Waals surface area contributed by atoms with Gasteiger partial charge in [0.2, 0.25) is 0 Å². The van der Waals surface area contributed by atoms with Crippen LogP contribution in [0.25, 0.3) is 11.4 Å². The molecule has 4 N–H and O–H groups in total. The Bertz CT molecular complexity index is 2290. The van der Waals surface area contributed by atoms with Crippen molar-refractivity contribution in [3.63, 3.8) is 0 Å². The van der Waals surface area contributed by atoms with Crippen molar-refractivity contribution in [2.45, 2.75) is 85.0 Å². The number of unbranched alkanes of at least 4 members (excludes halogenated alkanes) is 4. The second-order valence-corrected chi connectivity index (χ2v) is 15.2. The quantitative estimate of drug-likeness (QED) is 0.0265. The number of nitrogens with one attached hydrogen (secondary N) is 2. The Morgan fingerprint density at radius 2 is 1.28 bits per heavy atom. The number of aromatic amines is 1. The van der Waals surface area contributed by atoms with Gasteiger partial charge in [-0.2, -0.15) is 9.59 Å². The number of esters is 2. The number of aromatic nitrogens is 2. The average Bonchev–Trinajstić information content (AvgIpc) is 3.28. The molecule has 15 heteroatoms. The highest BCUT2D eigenvalue weighted by Gasteiger charge is 2.27.